The molecule has 2 heterocycles. The highest BCUT2D eigenvalue weighted by Gasteiger charge is 2.19. The second-order valence-corrected chi connectivity index (χ2v) is 6.69. The molecule has 0 saturated carbocycles. The van der Waals surface area contributed by atoms with Crippen LogP contribution in [0.25, 0.3) is 0 Å². The molecule has 3 heteroatoms. The lowest BCUT2D eigenvalue weighted by molar-refractivity contribution is -0.132. The summed E-state index contributed by atoms with van der Waals surface area (Å²) in [6.45, 7) is 5.40. The van der Waals surface area contributed by atoms with E-state index in [4.69, 9.17) is 0 Å². The highest BCUT2D eigenvalue weighted by Crippen LogP contribution is 2.19. The maximum atomic E-state index is 12.4. The minimum atomic E-state index is 0.341. The molecule has 0 aromatic heterocycles. The fourth-order valence-corrected chi connectivity index (χ4v) is 3.66. The summed E-state index contributed by atoms with van der Waals surface area (Å²) in [7, 11) is 0. The average molecular weight is 300 g/mol. The van der Waals surface area contributed by atoms with Gasteiger partial charge in [-0.25, -0.2) is 0 Å². The Morgan fingerprint density at radius 1 is 0.955 bits per heavy atom. The number of carbonyl (C=O) groups excluding carboxylic acids is 1. The van der Waals surface area contributed by atoms with Crippen molar-refractivity contribution >= 4 is 5.91 Å². The average Bonchev–Trinajstić information content (AvgIpc) is 2.59. The molecule has 1 saturated heterocycles. The van der Waals surface area contributed by atoms with E-state index in [-0.39, 0.29) is 0 Å². The van der Waals surface area contributed by atoms with E-state index in [1.165, 1.54) is 50.0 Å². The van der Waals surface area contributed by atoms with Gasteiger partial charge in [-0.2, -0.15) is 0 Å². The topological polar surface area (TPSA) is 23.6 Å². The number of piperidine rings is 1. The fourth-order valence-electron chi connectivity index (χ4n) is 3.66. The Bertz CT molecular complexity index is 494. The van der Waals surface area contributed by atoms with E-state index in [1.54, 1.807) is 0 Å². The lowest BCUT2D eigenvalue weighted by atomic mass is 9.99. The summed E-state index contributed by atoms with van der Waals surface area (Å²) in [6.07, 6.45) is 8.03. The monoisotopic (exact) mass is 300 g/mol. The van der Waals surface area contributed by atoms with Gasteiger partial charge in [0.05, 0.1) is 0 Å². The van der Waals surface area contributed by atoms with Crippen molar-refractivity contribution in [1.82, 2.24) is 9.80 Å². The third-order valence-corrected chi connectivity index (χ3v) is 5.05. The van der Waals surface area contributed by atoms with E-state index >= 15 is 0 Å². The van der Waals surface area contributed by atoms with Crippen LogP contribution in [0.4, 0.5) is 0 Å². The Kier molecular flexibility index (Phi) is 5.49. The summed E-state index contributed by atoms with van der Waals surface area (Å²) < 4.78 is 0. The van der Waals surface area contributed by atoms with Gasteiger partial charge in [0, 0.05) is 19.5 Å². The lowest BCUT2D eigenvalue weighted by Gasteiger charge is -2.29. The summed E-state index contributed by atoms with van der Waals surface area (Å²) in [5, 5.41) is 0. The number of unbranched alkanes of at least 4 members (excludes halogenated alkanes) is 1. The third kappa shape index (κ3) is 4.10. The number of carbonyl (C=O) groups is 1. The molecule has 1 aromatic carbocycles. The van der Waals surface area contributed by atoms with E-state index in [0.29, 0.717) is 5.91 Å². The second kappa shape index (κ2) is 7.77. The Labute approximate surface area is 134 Å². The van der Waals surface area contributed by atoms with E-state index in [0.717, 1.165) is 38.8 Å². The Morgan fingerprint density at radius 3 is 2.55 bits per heavy atom. The van der Waals surface area contributed by atoms with Gasteiger partial charge >= 0.3 is 0 Å². The predicted octanol–water partition coefficient (Wildman–Crippen LogP) is 3.23. The van der Waals surface area contributed by atoms with E-state index in [9.17, 15) is 4.79 Å². The van der Waals surface area contributed by atoms with Gasteiger partial charge in [0.2, 0.25) is 5.91 Å². The predicted molar refractivity (Wildman–Crippen MR) is 89.7 cm³/mol. The first kappa shape index (κ1) is 15.5. The van der Waals surface area contributed by atoms with Crippen molar-refractivity contribution in [3.05, 3.63) is 35.4 Å². The summed E-state index contributed by atoms with van der Waals surface area (Å²) in [6, 6.07) is 8.52. The molecule has 3 nitrogen and oxygen atoms in total. The number of hydrogen-bond acceptors (Lipinski definition) is 2. The molecule has 0 aliphatic carbocycles. The third-order valence-electron chi connectivity index (χ3n) is 5.05. The van der Waals surface area contributed by atoms with Crippen LogP contribution in [0.2, 0.25) is 0 Å². The van der Waals surface area contributed by atoms with E-state index < -0.39 is 0 Å². The number of rotatable bonds is 5. The molecule has 0 unspecified atom stereocenters. The summed E-state index contributed by atoms with van der Waals surface area (Å²) >= 11 is 0. The minimum absolute atomic E-state index is 0.341. The molecule has 120 valence electrons. The van der Waals surface area contributed by atoms with Gasteiger partial charge in [-0.1, -0.05) is 30.7 Å². The first-order valence-corrected chi connectivity index (χ1v) is 8.90. The van der Waals surface area contributed by atoms with Crippen molar-refractivity contribution < 1.29 is 4.79 Å². The molecular formula is C19H28N2O. The van der Waals surface area contributed by atoms with Gasteiger partial charge in [-0.15, -0.1) is 0 Å². The van der Waals surface area contributed by atoms with Crippen molar-refractivity contribution in [2.45, 2.75) is 51.5 Å². The van der Waals surface area contributed by atoms with Gasteiger partial charge in [-0.3, -0.25) is 4.79 Å². The van der Waals surface area contributed by atoms with Crippen LogP contribution in [0.3, 0.4) is 0 Å². The molecule has 0 spiro atoms. The fraction of sp³-hybridized carbons (Fsp3) is 0.632. The van der Waals surface area contributed by atoms with Gasteiger partial charge in [-0.05, 0) is 62.9 Å². The zero-order valence-corrected chi connectivity index (χ0v) is 13.6. The number of amides is 1. The van der Waals surface area contributed by atoms with Crippen LogP contribution in [0, 0.1) is 0 Å². The highest BCUT2D eigenvalue weighted by atomic mass is 16.2. The summed E-state index contributed by atoms with van der Waals surface area (Å²) in [5.74, 6) is 0.341. The Balaban J connectivity index is 1.37. The molecule has 0 N–H and O–H groups in total. The summed E-state index contributed by atoms with van der Waals surface area (Å²) in [4.78, 5) is 17.0. The van der Waals surface area contributed by atoms with Crippen LogP contribution in [-0.4, -0.2) is 41.9 Å². The van der Waals surface area contributed by atoms with E-state index in [2.05, 4.69) is 29.2 Å². The van der Waals surface area contributed by atoms with Crippen LogP contribution in [0.5, 0.6) is 0 Å². The van der Waals surface area contributed by atoms with Gasteiger partial charge in [0.1, 0.15) is 0 Å². The molecule has 2 aliphatic rings. The highest BCUT2D eigenvalue weighted by molar-refractivity contribution is 5.76. The van der Waals surface area contributed by atoms with E-state index in [1.807, 2.05) is 4.90 Å². The van der Waals surface area contributed by atoms with Crippen molar-refractivity contribution in [3.8, 4) is 0 Å². The normalized spacial score (nSPS) is 19.0. The first-order valence-electron chi connectivity index (χ1n) is 8.90. The number of nitrogens with zero attached hydrogens (tertiary/aromatic N) is 2. The van der Waals surface area contributed by atoms with Crippen molar-refractivity contribution in [2.24, 2.45) is 0 Å². The Hall–Kier alpha value is -1.35. The second-order valence-electron chi connectivity index (χ2n) is 6.69. The zero-order chi connectivity index (χ0) is 15.2. The molecule has 1 aromatic rings. The molecule has 1 amide bonds. The van der Waals surface area contributed by atoms with Crippen molar-refractivity contribution in [2.75, 3.05) is 26.2 Å². The van der Waals surface area contributed by atoms with Gasteiger partial charge in [0.15, 0.2) is 0 Å². The number of hydrogen-bond donors (Lipinski definition) is 0. The maximum absolute atomic E-state index is 12.4. The maximum Gasteiger partial charge on any atom is 0.222 e. The largest absolute Gasteiger partial charge is 0.338 e. The molecule has 22 heavy (non-hydrogen) atoms. The van der Waals surface area contributed by atoms with Crippen molar-refractivity contribution in [1.29, 1.82) is 0 Å². The van der Waals surface area contributed by atoms with Crippen LogP contribution in [0.1, 0.15) is 49.7 Å². The minimum Gasteiger partial charge on any atom is -0.338 e. The lowest BCUT2D eigenvalue weighted by Crippen LogP contribution is -2.36. The standard InChI is InChI=1S/C19H28N2O/c22-19(10-4-7-14-20-12-5-1-6-13-20)21-15-11-17-8-2-3-9-18(17)16-21/h2-3,8-9H,1,4-7,10-16H2. The SMILES string of the molecule is O=C(CCCCN1CCCCC1)N1CCc2ccccc2C1. The van der Waals surface area contributed by atoms with Crippen LogP contribution in [-0.2, 0) is 17.8 Å². The Morgan fingerprint density at radius 2 is 1.73 bits per heavy atom. The number of fused-ring (bicyclic) bond motifs is 1. The van der Waals surface area contributed by atoms with Crippen LogP contribution < -0.4 is 0 Å². The van der Waals surface area contributed by atoms with Crippen LogP contribution in [0.15, 0.2) is 24.3 Å². The first-order chi connectivity index (χ1) is 10.8. The van der Waals surface area contributed by atoms with Crippen molar-refractivity contribution in [3.63, 3.8) is 0 Å². The molecule has 0 bridgehead atoms. The van der Waals surface area contributed by atoms with Gasteiger partial charge in [0.25, 0.3) is 0 Å². The number of benzene rings is 1. The molecule has 2 aliphatic heterocycles. The quantitative estimate of drug-likeness (QED) is 0.780. The van der Waals surface area contributed by atoms with Crippen LogP contribution >= 0.6 is 0 Å². The smallest absolute Gasteiger partial charge is 0.222 e. The molecule has 0 atom stereocenters. The molecule has 0 radical (unpaired) electrons. The van der Waals surface area contributed by atoms with Gasteiger partial charge < -0.3 is 9.80 Å². The zero-order valence-electron chi connectivity index (χ0n) is 13.6. The number of likely N-dealkylation sites (tertiary alicyclic amines) is 1. The molecular weight excluding hydrogens is 272 g/mol. The molecule has 1 fully saturated rings. The summed E-state index contributed by atoms with van der Waals surface area (Å²) in [5.41, 5.74) is 2.74. The molecule has 3 rings (SSSR count).